The van der Waals surface area contributed by atoms with Crippen LogP contribution in [-0.4, -0.2) is 74.2 Å². The first kappa shape index (κ1) is 19.1. The average Bonchev–Trinajstić information content (AvgIpc) is 3.25. The van der Waals surface area contributed by atoms with Gasteiger partial charge in [-0.1, -0.05) is 13.8 Å². The van der Waals surface area contributed by atoms with Crippen LogP contribution in [0.4, 0.5) is 0 Å². The summed E-state index contributed by atoms with van der Waals surface area (Å²) in [4.78, 5) is 17.9. The molecule has 0 aromatic carbocycles. The summed E-state index contributed by atoms with van der Waals surface area (Å²) in [6.07, 6.45) is 6.18. The van der Waals surface area contributed by atoms with Crippen molar-refractivity contribution in [2.45, 2.75) is 52.1 Å². The number of likely N-dealkylation sites (tertiary alicyclic amines) is 2. The molecule has 0 bridgehead atoms. The Labute approximate surface area is 153 Å². The summed E-state index contributed by atoms with van der Waals surface area (Å²) in [6, 6.07) is 0. The van der Waals surface area contributed by atoms with Gasteiger partial charge in [0.2, 0.25) is 5.91 Å². The number of amides is 1. The number of piperidine rings is 1. The highest BCUT2D eigenvalue weighted by Gasteiger charge is 2.33. The molecule has 5 nitrogen and oxygen atoms in total. The Kier molecular flexibility index (Phi) is 7.14. The second kappa shape index (κ2) is 9.33. The fourth-order valence-corrected chi connectivity index (χ4v) is 4.78. The molecule has 3 heterocycles. The van der Waals surface area contributed by atoms with Crippen LogP contribution in [0, 0.1) is 17.8 Å². The Balaban J connectivity index is 1.52. The molecule has 0 spiro atoms. The van der Waals surface area contributed by atoms with E-state index in [1.54, 1.807) is 0 Å². The maximum atomic E-state index is 12.8. The topological polar surface area (TPSA) is 44.8 Å². The van der Waals surface area contributed by atoms with E-state index in [1.165, 1.54) is 32.5 Å². The van der Waals surface area contributed by atoms with Gasteiger partial charge in [0.15, 0.2) is 0 Å². The Morgan fingerprint density at radius 2 is 1.96 bits per heavy atom. The summed E-state index contributed by atoms with van der Waals surface area (Å²) in [6.45, 7) is 12.9. The van der Waals surface area contributed by atoms with Crippen molar-refractivity contribution in [3.63, 3.8) is 0 Å². The quantitative estimate of drug-likeness (QED) is 0.762. The van der Waals surface area contributed by atoms with Crippen LogP contribution in [0.3, 0.4) is 0 Å². The lowest BCUT2D eigenvalue weighted by atomic mass is 9.87. The molecular weight excluding hydrogens is 314 g/mol. The van der Waals surface area contributed by atoms with E-state index in [4.69, 9.17) is 4.74 Å². The fourth-order valence-electron chi connectivity index (χ4n) is 4.78. The lowest BCUT2D eigenvalue weighted by Crippen LogP contribution is -2.50. The molecule has 25 heavy (non-hydrogen) atoms. The van der Waals surface area contributed by atoms with Crippen molar-refractivity contribution in [3.8, 4) is 0 Å². The van der Waals surface area contributed by atoms with Crippen molar-refractivity contribution in [1.29, 1.82) is 0 Å². The summed E-state index contributed by atoms with van der Waals surface area (Å²) in [7, 11) is 0. The number of hydrogen-bond acceptors (Lipinski definition) is 4. The third-order valence-electron chi connectivity index (χ3n) is 5.85. The number of carbonyl (C=O) groups excluding carboxylic acids is 1. The van der Waals surface area contributed by atoms with Gasteiger partial charge in [-0.05, 0) is 57.0 Å². The smallest absolute Gasteiger partial charge is 0.224 e. The molecule has 1 amide bonds. The van der Waals surface area contributed by atoms with Crippen LogP contribution in [0.1, 0.15) is 46.0 Å². The molecule has 3 fully saturated rings. The summed E-state index contributed by atoms with van der Waals surface area (Å²) in [5, 5.41) is 3.18. The largest absolute Gasteiger partial charge is 0.376 e. The van der Waals surface area contributed by atoms with Crippen molar-refractivity contribution in [2.24, 2.45) is 17.8 Å². The highest BCUT2D eigenvalue weighted by atomic mass is 16.5. The van der Waals surface area contributed by atoms with Crippen LogP contribution in [0.25, 0.3) is 0 Å². The zero-order valence-electron chi connectivity index (χ0n) is 16.2. The highest BCUT2D eigenvalue weighted by Crippen LogP contribution is 2.25. The van der Waals surface area contributed by atoms with Gasteiger partial charge in [0.1, 0.15) is 0 Å². The van der Waals surface area contributed by atoms with E-state index >= 15 is 0 Å². The van der Waals surface area contributed by atoms with Gasteiger partial charge in [-0.2, -0.15) is 0 Å². The summed E-state index contributed by atoms with van der Waals surface area (Å²) in [5.41, 5.74) is 0. The summed E-state index contributed by atoms with van der Waals surface area (Å²) < 4.78 is 5.64. The second-order valence-corrected chi connectivity index (χ2v) is 8.80. The lowest BCUT2D eigenvalue weighted by Gasteiger charge is -2.39. The zero-order chi connectivity index (χ0) is 17.6. The first-order valence-corrected chi connectivity index (χ1v) is 10.4. The minimum atomic E-state index is 0.140. The molecule has 3 aliphatic rings. The molecule has 3 atom stereocenters. The molecule has 144 valence electrons. The lowest BCUT2D eigenvalue weighted by molar-refractivity contribution is -0.128. The first-order chi connectivity index (χ1) is 12.1. The maximum absolute atomic E-state index is 12.8. The van der Waals surface area contributed by atoms with Crippen LogP contribution < -0.4 is 5.32 Å². The molecule has 5 heteroatoms. The van der Waals surface area contributed by atoms with Crippen molar-refractivity contribution < 1.29 is 9.53 Å². The average molecular weight is 352 g/mol. The Morgan fingerprint density at radius 3 is 2.64 bits per heavy atom. The van der Waals surface area contributed by atoms with E-state index in [9.17, 15) is 4.79 Å². The first-order valence-electron chi connectivity index (χ1n) is 10.4. The fraction of sp³-hybridized carbons (Fsp3) is 0.950. The molecule has 0 aromatic rings. The molecule has 3 saturated heterocycles. The van der Waals surface area contributed by atoms with Crippen molar-refractivity contribution in [3.05, 3.63) is 0 Å². The van der Waals surface area contributed by atoms with Gasteiger partial charge in [0.05, 0.1) is 12.0 Å². The zero-order valence-corrected chi connectivity index (χ0v) is 16.2. The van der Waals surface area contributed by atoms with E-state index in [-0.39, 0.29) is 17.9 Å². The molecular formula is C20H37N3O2. The standard InChI is InChI=1S/C20H37N3O2/c1-16(2)12-23-14-17(13-22-7-3-4-8-22)10-18(15-23)20(24)21-11-19-6-5-9-25-19/h16-19H,3-15H2,1-2H3,(H,21,24)/t17-,18-,19?/m1/s1. The van der Waals surface area contributed by atoms with Gasteiger partial charge in [-0.25, -0.2) is 0 Å². The van der Waals surface area contributed by atoms with E-state index < -0.39 is 0 Å². The van der Waals surface area contributed by atoms with Crippen LogP contribution >= 0.6 is 0 Å². The van der Waals surface area contributed by atoms with Gasteiger partial charge < -0.3 is 19.9 Å². The van der Waals surface area contributed by atoms with Crippen molar-refractivity contribution in [2.75, 3.05) is 52.4 Å². The normalized spacial score (nSPS) is 31.7. The number of carbonyl (C=O) groups is 1. The van der Waals surface area contributed by atoms with E-state index in [2.05, 4.69) is 29.0 Å². The summed E-state index contributed by atoms with van der Waals surface area (Å²) in [5.74, 6) is 1.67. The van der Waals surface area contributed by atoms with E-state index in [0.29, 0.717) is 18.4 Å². The third kappa shape index (κ3) is 5.93. The van der Waals surface area contributed by atoms with E-state index in [1.807, 2.05) is 0 Å². The number of nitrogens with one attached hydrogen (secondary N) is 1. The number of ether oxygens (including phenoxy) is 1. The van der Waals surface area contributed by atoms with Crippen molar-refractivity contribution >= 4 is 5.91 Å². The van der Waals surface area contributed by atoms with Crippen LogP contribution in [-0.2, 0) is 9.53 Å². The number of hydrogen-bond donors (Lipinski definition) is 1. The SMILES string of the molecule is CC(C)CN1C[C@@H](CN2CCCC2)C[C@@H](C(=O)NCC2CCCO2)C1. The predicted molar refractivity (Wildman–Crippen MR) is 101 cm³/mol. The van der Waals surface area contributed by atoms with Crippen molar-refractivity contribution in [1.82, 2.24) is 15.1 Å². The molecule has 0 radical (unpaired) electrons. The third-order valence-corrected chi connectivity index (χ3v) is 5.85. The van der Waals surface area contributed by atoms with E-state index in [0.717, 1.165) is 45.5 Å². The van der Waals surface area contributed by atoms with Gasteiger partial charge >= 0.3 is 0 Å². The molecule has 0 aromatic heterocycles. The number of rotatable bonds is 7. The maximum Gasteiger partial charge on any atom is 0.224 e. The highest BCUT2D eigenvalue weighted by molar-refractivity contribution is 5.79. The molecule has 0 aliphatic carbocycles. The second-order valence-electron chi connectivity index (χ2n) is 8.80. The van der Waals surface area contributed by atoms with Gasteiger partial charge in [-0.3, -0.25) is 4.79 Å². The molecule has 3 rings (SSSR count). The molecule has 3 aliphatic heterocycles. The van der Waals surface area contributed by atoms with Gasteiger partial charge in [-0.15, -0.1) is 0 Å². The predicted octanol–water partition coefficient (Wildman–Crippen LogP) is 1.97. The Morgan fingerprint density at radius 1 is 1.16 bits per heavy atom. The number of nitrogens with zero attached hydrogens (tertiary/aromatic N) is 2. The molecule has 0 saturated carbocycles. The van der Waals surface area contributed by atoms with Crippen LogP contribution in [0.2, 0.25) is 0 Å². The van der Waals surface area contributed by atoms with Crippen LogP contribution in [0.5, 0.6) is 0 Å². The minimum Gasteiger partial charge on any atom is -0.376 e. The molecule has 1 N–H and O–H groups in total. The minimum absolute atomic E-state index is 0.140. The monoisotopic (exact) mass is 351 g/mol. The van der Waals surface area contributed by atoms with Gasteiger partial charge in [0, 0.05) is 39.3 Å². The summed E-state index contributed by atoms with van der Waals surface area (Å²) >= 11 is 0. The Bertz CT molecular complexity index is 417. The Hall–Kier alpha value is -0.650. The van der Waals surface area contributed by atoms with Crippen LogP contribution in [0.15, 0.2) is 0 Å². The molecule has 1 unspecified atom stereocenters. The van der Waals surface area contributed by atoms with Gasteiger partial charge in [0.25, 0.3) is 0 Å².